The highest BCUT2D eigenvalue weighted by molar-refractivity contribution is 4.74. The number of likely N-dealkylation sites (tertiary alicyclic amines) is 1. The summed E-state index contributed by atoms with van der Waals surface area (Å²) in [7, 11) is 1.79. The van der Waals surface area contributed by atoms with Crippen LogP contribution in [0.15, 0.2) is 0 Å². The van der Waals surface area contributed by atoms with Crippen molar-refractivity contribution in [3.8, 4) is 0 Å². The van der Waals surface area contributed by atoms with Gasteiger partial charge in [-0.05, 0) is 44.8 Å². The zero-order valence-corrected chi connectivity index (χ0v) is 11.2. The van der Waals surface area contributed by atoms with Gasteiger partial charge in [-0.25, -0.2) is 0 Å². The molecule has 0 aliphatic carbocycles. The van der Waals surface area contributed by atoms with Crippen LogP contribution in [0.25, 0.3) is 0 Å². The van der Waals surface area contributed by atoms with Crippen molar-refractivity contribution in [2.45, 2.75) is 39.2 Å². The topological polar surface area (TPSA) is 24.5 Å². The molecule has 2 atom stereocenters. The van der Waals surface area contributed by atoms with E-state index in [-0.39, 0.29) is 0 Å². The smallest absolute Gasteiger partial charge is 0.0628 e. The van der Waals surface area contributed by atoms with Crippen LogP contribution < -0.4 is 5.32 Å². The minimum absolute atomic E-state index is 0.489. The summed E-state index contributed by atoms with van der Waals surface area (Å²) >= 11 is 0. The molecule has 3 heteroatoms. The lowest BCUT2D eigenvalue weighted by Crippen LogP contribution is -2.44. The van der Waals surface area contributed by atoms with Crippen LogP contribution in [0.3, 0.4) is 0 Å². The lowest BCUT2D eigenvalue weighted by molar-refractivity contribution is 0.139. The van der Waals surface area contributed by atoms with E-state index in [0.717, 1.165) is 25.6 Å². The second-order valence-electron chi connectivity index (χ2n) is 5.05. The van der Waals surface area contributed by atoms with Gasteiger partial charge in [-0.15, -0.1) is 0 Å². The number of hydrogen-bond acceptors (Lipinski definition) is 3. The summed E-state index contributed by atoms with van der Waals surface area (Å²) in [5.74, 6) is 0.907. The van der Waals surface area contributed by atoms with Crippen molar-refractivity contribution in [2.24, 2.45) is 5.92 Å². The predicted octanol–water partition coefficient (Wildman–Crippen LogP) is 1.73. The van der Waals surface area contributed by atoms with Gasteiger partial charge < -0.3 is 15.0 Å². The molecule has 0 aromatic rings. The quantitative estimate of drug-likeness (QED) is 0.749. The fourth-order valence-electron chi connectivity index (χ4n) is 2.48. The maximum Gasteiger partial charge on any atom is 0.0628 e. The second kappa shape index (κ2) is 8.04. The van der Waals surface area contributed by atoms with Crippen molar-refractivity contribution >= 4 is 0 Å². The van der Waals surface area contributed by atoms with Gasteiger partial charge in [0.2, 0.25) is 0 Å². The Hall–Kier alpha value is -0.120. The van der Waals surface area contributed by atoms with Gasteiger partial charge in [0.15, 0.2) is 0 Å². The second-order valence-corrected chi connectivity index (χ2v) is 5.05. The Bertz CT molecular complexity index is 169. The summed E-state index contributed by atoms with van der Waals surface area (Å²) in [5, 5.41) is 3.50. The Morgan fingerprint density at radius 1 is 1.38 bits per heavy atom. The van der Waals surface area contributed by atoms with Crippen LogP contribution in [0.2, 0.25) is 0 Å². The minimum atomic E-state index is 0.489. The Balaban J connectivity index is 2.31. The first-order chi connectivity index (χ1) is 7.76. The number of nitrogens with zero attached hydrogens (tertiary/aromatic N) is 1. The molecule has 0 radical (unpaired) electrons. The van der Waals surface area contributed by atoms with E-state index in [1.807, 2.05) is 0 Å². The molecule has 0 bridgehead atoms. The van der Waals surface area contributed by atoms with E-state index in [9.17, 15) is 0 Å². The van der Waals surface area contributed by atoms with Gasteiger partial charge in [-0.1, -0.05) is 13.8 Å². The molecule has 96 valence electrons. The van der Waals surface area contributed by atoms with Crippen molar-refractivity contribution in [2.75, 3.05) is 39.9 Å². The maximum absolute atomic E-state index is 5.26. The van der Waals surface area contributed by atoms with Gasteiger partial charge in [0.05, 0.1) is 6.61 Å². The van der Waals surface area contributed by atoms with E-state index in [2.05, 4.69) is 24.1 Å². The number of rotatable bonds is 6. The zero-order chi connectivity index (χ0) is 11.8. The Kier molecular flexibility index (Phi) is 7.01. The zero-order valence-electron chi connectivity index (χ0n) is 11.2. The van der Waals surface area contributed by atoms with Crippen molar-refractivity contribution in [1.82, 2.24) is 10.2 Å². The predicted molar refractivity (Wildman–Crippen MR) is 68.8 cm³/mol. The molecule has 1 N–H and O–H groups in total. The fourth-order valence-corrected chi connectivity index (χ4v) is 2.48. The van der Waals surface area contributed by atoms with E-state index >= 15 is 0 Å². The third kappa shape index (κ3) is 5.28. The van der Waals surface area contributed by atoms with Crippen LogP contribution in [-0.4, -0.2) is 50.8 Å². The minimum Gasteiger partial charge on any atom is -0.383 e. The van der Waals surface area contributed by atoms with E-state index in [0.29, 0.717) is 6.04 Å². The molecule has 1 saturated heterocycles. The highest BCUT2D eigenvalue weighted by Gasteiger charge is 2.17. The molecule has 3 nitrogen and oxygen atoms in total. The summed E-state index contributed by atoms with van der Waals surface area (Å²) < 4.78 is 5.26. The molecule has 16 heavy (non-hydrogen) atoms. The molecule has 1 heterocycles. The number of likely N-dealkylation sites (N-methyl/N-ethyl adjacent to an activating group) is 1. The van der Waals surface area contributed by atoms with E-state index in [1.54, 1.807) is 7.11 Å². The Labute approximate surface area is 101 Å². The molecule has 1 aliphatic heterocycles. The van der Waals surface area contributed by atoms with Crippen LogP contribution in [-0.2, 0) is 4.74 Å². The summed E-state index contributed by atoms with van der Waals surface area (Å²) in [5.41, 5.74) is 0. The molecular formula is C13H28N2O. The molecular weight excluding hydrogens is 200 g/mol. The molecule has 0 aromatic carbocycles. The summed E-state index contributed by atoms with van der Waals surface area (Å²) in [6, 6.07) is 0.489. The molecule has 1 fully saturated rings. The van der Waals surface area contributed by atoms with Crippen LogP contribution >= 0.6 is 0 Å². The first kappa shape index (κ1) is 13.9. The largest absolute Gasteiger partial charge is 0.383 e. The molecule has 0 aromatic heterocycles. The number of nitrogens with one attached hydrogen (secondary N) is 1. The molecule has 1 aliphatic rings. The number of hydrogen-bond donors (Lipinski definition) is 1. The van der Waals surface area contributed by atoms with Crippen molar-refractivity contribution in [3.05, 3.63) is 0 Å². The van der Waals surface area contributed by atoms with Gasteiger partial charge in [-0.3, -0.25) is 0 Å². The average Bonchev–Trinajstić information content (AvgIpc) is 2.45. The first-order valence-corrected chi connectivity index (χ1v) is 6.71. The third-order valence-corrected chi connectivity index (χ3v) is 3.45. The Morgan fingerprint density at radius 2 is 2.19 bits per heavy atom. The van der Waals surface area contributed by atoms with Crippen LogP contribution in [0.5, 0.6) is 0 Å². The third-order valence-electron chi connectivity index (χ3n) is 3.45. The number of ether oxygens (including phenoxy) is 1. The van der Waals surface area contributed by atoms with E-state index in [4.69, 9.17) is 4.74 Å². The maximum atomic E-state index is 5.26. The first-order valence-electron chi connectivity index (χ1n) is 6.71. The van der Waals surface area contributed by atoms with Gasteiger partial charge in [0.1, 0.15) is 0 Å². The van der Waals surface area contributed by atoms with Crippen molar-refractivity contribution in [1.29, 1.82) is 0 Å². The molecule has 2 unspecified atom stereocenters. The van der Waals surface area contributed by atoms with Crippen LogP contribution in [0, 0.1) is 5.92 Å². The molecule has 0 saturated carbocycles. The molecule has 0 spiro atoms. The van der Waals surface area contributed by atoms with E-state index < -0.39 is 0 Å². The van der Waals surface area contributed by atoms with Crippen LogP contribution in [0.1, 0.15) is 33.1 Å². The molecule has 1 rings (SSSR count). The lowest BCUT2D eigenvalue weighted by atomic mass is 10.0. The summed E-state index contributed by atoms with van der Waals surface area (Å²) in [6.45, 7) is 10.0. The highest BCUT2D eigenvalue weighted by atomic mass is 16.5. The van der Waals surface area contributed by atoms with E-state index in [1.165, 1.54) is 32.4 Å². The standard InChI is InChI=1S/C13H28N2O/c1-4-14-13(11-16-3)10-15-8-5-6-12(2)7-9-15/h12-14H,4-11H2,1-3H3. The Morgan fingerprint density at radius 3 is 2.88 bits per heavy atom. The summed E-state index contributed by atoms with van der Waals surface area (Å²) in [4.78, 5) is 2.59. The lowest BCUT2D eigenvalue weighted by Gasteiger charge is -2.26. The van der Waals surface area contributed by atoms with Crippen LogP contribution in [0.4, 0.5) is 0 Å². The normalized spacial score (nSPS) is 25.3. The SMILES string of the molecule is CCNC(COC)CN1CCCC(C)CC1. The van der Waals surface area contributed by atoms with Crippen molar-refractivity contribution in [3.63, 3.8) is 0 Å². The van der Waals surface area contributed by atoms with Gasteiger partial charge >= 0.3 is 0 Å². The van der Waals surface area contributed by atoms with Gasteiger partial charge in [-0.2, -0.15) is 0 Å². The van der Waals surface area contributed by atoms with Crippen molar-refractivity contribution < 1.29 is 4.74 Å². The average molecular weight is 228 g/mol. The molecule has 0 amide bonds. The fraction of sp³-hybridized carbons (Fsp3) is 1.00. The van der Waals surface area contributed by atoms with Gasteiger partial charge in [0, 0.05) is 19.7 Å². The summed E-state index contributed by atoms with van der Waals surface area (Å²) in [6.07, 6.45) is 4.10. The van der Waals surface area contributed by atoms with Gasteiger partial charge in [0.25, 0.3) is 0 Å². The monoisotopic (exact) mass is 228 g/mol. The highest BCUT2D eigenvalue weighted by Crippen LogP contribution is 2.16. The number of methoxy groups -OCH3 is 1.